The summed E-state index contributed by atoms with van der Waals surface area (Å²) in [6, 6.07) is 9.19. The second-order valence-corrected chi connectivity index (χ2v) is 8.59. The summed E-state index contributed by atoms with van der Waals surface area (Å²) in [5.74, 6) is 1.15. The highest BCUT2D eigenvalue weighted by Gasteiger charge is 2.40. The van der Waals surface area contributed by atoms with Crippen LogP contribution in [-0.2, 0) is 0 Å². The maximum Gasteiger partial charge on any atom is 0.252 e. The van der Waals surface area contributed by atoms with E-state index in [0.717, 1.165) is 24.0 Å². The zero-order valence-electron chi connectivity index (χ0n) is 16.0. The average molecular weight is 401 g/mol. The van der Waals surface area contributed by atoms with Gasteiger partial charge in [0, 0.05) is 23.3 Å². The molecule has 2 fully saturated rings. The van der Waals surface area contributed by atoms with E-state index in [1.165, 1.54) is 19.0 Å². The van der Waals surface area contributed by atoms with Crippen LogP contribution in [0.2, 0.25) is 5.02 Å². The van der Waals surface area contributed by atoms with E-state index < -0.39 is 5.60 Å². The molecule has 4 rings (SSSR count). The Morgan fingerprint density at radius 1 is 1.29 bits per heavy atom. The fraction of sp³-hybridized carbons (Fsp3) is 0.455. The number of aromatic nitrogens is 1. The van der Waals surface area contributed by atoms with Crippen molar-refractivity contribution < 1.29 is 14.6 Å². The monoisotopic (exact) mass is 400 g/mol. The molecule has 1 heterocycles. The first-order chi connectivity index (χ1) is 13.4. The maximum atomic E-state index is 12.6. The molecule has 6 heteroatoms. The van der Waals surface area contributed by atoms with E-state index in [1.807, 2.05) is 12.1 Å². The van der Waals surface area contributed by atoms with Crippen LogP contribution in [0.3, 0.4) is 0 Å². The van der Waals surface area contributed by atoms with Crippen LogP contribution >= 0.6 is 11.6 Å². The van der Waals surface area contributed by atoms with Gasteiger partial charge in [-0.05, 0) is 68.2 Å². The third-order valence-electron chi connectivity index (χ3n) is 5.48. The van der Waals surface area contributed by atoms with Crippen molar-refractivity contribution in [1.82, 2.24) is 10.3 Å². The topological polar surface area (TPSA) is 71.5 Å². The molecule has 1 aromatic carbocycles. The van der Waals surface area contributed by atoms with Gasteiger partial charge >= 0.3 is 0 Å². The van der Waals surface area contributed by atoms with Crippen molar-refractivity contribution in [3.8, 4) is 17.0 Å². The summed E-state index contributed by atoms with van der Waals surface area (Å²) in [7, 11) is 0. The molecule has 2 aliphatic rings. The number of carbonyl (C=O) groups is 1. The second kappa shape index (κ2) is 7.72. The number of carbonyl (C=O) groups excluding carboxylic acids is 1. The molecule has 0 aliphatic heterocycles. The van der Waals surface area contributed by atoms with Crippen LogP contribution < -0.4 is 10.1 Å². The molecule has 2 aromatic rings. The zero-order valence-corrected chi connectivity index (χ0v) is 16.7. The summed E-state index contributed by atoms with van der Waals surface area (Å²) < 4.78 is 5.92. The highest BCUT2D eigenvalue weighted by atomic mass is 35.5. The number of amides is 1. The lowest BCUT2D eigenvalue weighted by atomic mass is 10.0. The average Bonchev–Trinajstić information content (AvgIpc) is 3.57. The molecule has 0 radical (unpaired) electrons. The lowest BCUT2D eigenvalue weighted by Crippen LogP contribution is -2.42. The van der Waals surface area contributed by atoms with Gasteiger partial charge < -0.3 is 15.2 Å². The molecular weight excluding hydrogens is 376 g/mol. The minimum atomic E-state index is -0.866. The quantitative estimate of drug-likeness (QED) is 0.700. The van der Waals surface area contributed by atoms with Crippen LogP contribution in [0.5, 0.6) is 5.88 Å². The molecule has 2 aliphatic carbocycles. The Bertz CT molecular complexity index is 859. The number of halogens is 1. The van der Waals surface area contributed by atoms with Crippen LogP contribution in [0.1, 0.15) is 43.0 Å². The van der Waals surface area contributed by atoms with Gasteiger partial charge in [-0.15, -0.1) is 0 Å². The van der Waals surface area contributed by atoms with Gasteiger partial charge in [0.15, 0.2) is 0 Å². The molecule has 2 saturated carbocycles. The Labute approximate surface area is 170 Å². The van der Waals surface area contributed by atoms with Crippen molar-refractivity contribution in [2.45, 2.75) is 38.2 Å². The minimum Gasteiger partial charge on any atom is -0.477 e. The number of ether oxygens (including phenoxy) is 1. The smallest absolute Gasteiger partial charge is 0.252 e. The van der Waals surface area contributed by atoms with Crippen LogP contribution in [-0.4, -0.2) is 34.8 Å². The molecule has 0 bridgehead atoms. The first kappa shape index (κ1) is 19.2. The number of benzene rings is 1. The van der Waals surface area contributed by atoms with Crippen molar-refractivity contribution >= 4 is 17.5 Å². The Kier molecular flexibility index (Phi) is 5.30. The van der Waals surface area contributed by atoms with Crippen molar-refractivity contribution in [3.63, 3.8) is 0 Å². The number of nitrogens with zero attached hydrogens (tertiary/aromatic N) is 1. The SMILES string of the molecule is CC(O)(CNC(=O)c1cnc(OCC2CC2)c(-c2ccc(Cl)cc2)c1)C1CC1. The Balaban J connectivity index is 1.54. The van der Waals surface area contributed by atoms with E-state index in [1.54, 1.807) is 25.1 Å². The Hall–Kier alpha value is -2.11. The van der Waals surface area contributed by atoms with Crippen molar-refractivity contribution in [3.05, 3.63) is 47.1 Å². The fourth-order valence-electron chi connectivity index (χ4n) is 3.22. The molecular formula is C22H25ClN2O3. The molecule has 1 amide bonds. The highest BCUT2D eigenvalue weighted by molar-refractivity contribution is 6.30. The van der Waals surface area contributed by atoms with Crippen molar-refractivity contribution in [2.24, 2.45) is 11.8 Å². The van der Waals surface area contributed by atoms with E-state index in [9.17, 15) is 9.90 Å². The molecule has 28 heavy (non-hydrogen) atoms. The van der Waals surface area contributed by atoms with E-state index in [4.69, 9.17) is 16.3 Å². The number of hydrogen-bond donors (Lipinski definition) is 2. The molecule has 1 aromatic heterocycles. The number of pyridine rings is 1. The number of rotatable bonds is 8. The summed E-state index contributed by atoms with van der Waals surface area (Å²) in [4.78, 5) is 17.0. The third-order valence-corrected chi connectivity index (χ3v) is 5.74. The summed E-state index contributed by atoms with van der Waals surface area (Å²) in [5.41, 5.74) is 1.23. The standard InChI is InChI=1S/C22H25ClN2O3/c1-22(27,17-6-7-17)13-25-20(26)16-10-19(15-4-8-18(23)9-5-15)21(24-11-16)28-12-14-2-3-14/h4-5,8-11,14,17,27H,2-3,6-7,12-13H2,1H3,(H,25,26). The van der Waals surface area contributed by atoms with Gasteiger partial charge in [-0.1, -0.05) is 23.7 Å². The zero-order chi connectivity index (χ0) is 19.7. The maximum absolute atomic E-state index is 12.6. The van der Waals surface area contributed by atoms with Crippen LogP contribution in [0.25, 0.3) is 11.1 Å². The minimum absolute atomic E-state index is 0.229. The Morgan fingerprint density at radius 3 is 2.64 bits per heavy atom. The second-order valence-electron chi connectivity index (χ2n) is 8.15. The lowest BCUT2D eigenvalue weighted by molar-refractivity contribution is 0.0354. The molecule has 148 valence electrons. The molecule has 5 nitrogen and oxygen atoms in total. The number of aliphatic hydroxyl groups is 1. The summed E-state index contributed by atoms with van der Waals surface area (Å²) in [6.07, 6.45) is 5.94. The molecule has 1 unspecified atom stereocenters. The van der Waals surface area contributed by atoms with Crippen LogP contribution in [0.15, 0.2) is 36.5 Å². The number of nitrogens with one attached hydrogen (secondary N) is 1. The number of hydrogen-bond acceptors (Lipinski definition) is 4. The van der Waals surface area contributed by atoms with Gasteiger partial charge in [0.2, 0.25) is 5.88 Å². The van der Waals surface area contributed by atoms with E-state index in [2.05, 4.69) is 10.3 Å². The Morgan fingerprint density at radius 2 is 2.00 bits per heavy atom. The third kappa shape index (κ3) is 4.65. The van der Waals surface area contributed by atoms with Gasteiger partial charge in [-0.3, -0.25) is 4.79 Å². The summed E-state index contributed by atoms with van der Waals surface area (Å²) in [6.45, 7) is 2.65. The summed E-state index contributed by atoms with van der Waals surface area (Å²) in [5, 5.41) is 13.9. The first-order valence-corrected chi connectivity index (χ1v) is 10.2. The molecule has 0 saturated heterocycles. The predicted molar refractivity (Wildman–Crippen MR) is 109 cm³/mol. The van der Waals surface area contributed by atoms with Crippen LogP contribution in [0, 0.1) is 11.8 Å². The van der Waals surface area contributed by atoms with Crippen molar-refractivity contribution in [1.29, 1.82) is 0 Å². The first-order valence-electron chi connectivity index (χ1n) is 9.82. The van der Waals surface area contributed by atoms with Gasteiger partial charge in [0.25, 0.3) is 5.91 Å². The van der Waals surface area contributed by atoms with E-state index in [0.29, 0.717) is 29.0 Å². The summed E-state index contributed by atoms with van der Waals surface area (Å²) >= 11 is 6.01. The van der Waals surface area contributed by atoms with E-state index in [-0.39, 0.29) is 18.4 Å². The van der Waals surface area contributed by atoms with Crippen LogP contribution in [0.4, 0.5) is 0 Å². The largest absolute Gasteiger partial charge is 0.477 e. The molecule has 2 N–H and O–H groups in total. The lowest BCUT2D eigenvalue weighted by Gasteiger charge is -2.23. The predicted octanol–water partition coefficient (Wildman–Crippen LogP) is 4.08. The fourth-order valence-corrected chi connectivity index (χ4v) is 3.35. The van der Waals surface area contributed by atoms with Gasteiger partial charge in [0.1, 0.15) is 0 Å². The molecule has 0 spiro atoms. The van der Waals surface area contributed by atoms with Gasteiger partial charge in [-0.2, -0.15) is 0 Å². The van der Waals surface area contributed by atoms with Gasteiger partial charge in [-0.25, -0.2) is 4.98 Å². The highest BCUT2D eigenvalue weighted by Crippen LogP contribution is 2.39. The molecule has 1 atom stereocenters. The normalized spacial score (nSPS) is 18.4. The van der Waals surface area contributed by atoms with Crippen molar-refractivity contribution in [2.75, 3.05) is 13.2 Å². The van der Waals surface area contributed by atoms with Gasteiger partial charge in [0.05, 0.1) is 17.8 Å². The van der Waals surface area contributed by atoms with E-state index >= 15 is 0 Å².